The van der Waals surface area contributed by atoms with Gasteiger partial charge in [0.2, 0.25) is 0 Å². The SMILES string of the molecule is COc1ccc(-c2cnn3cc4c(nc23)CC(c2cc(F)cc(F)c2)CC4=O)cc1OC. The van der Waals surface area contributed by atoms with Crippen LogP contribution in [0.5, 0.6) is 11.5 Å². The van der Waals surface area contributed by atoms with Gasteiger partial charge >= 0.3 is 0 Å². The number of carbonyl (C=O) groups is 1. The second-order valence-corrected chi connectivity index (χ2v) is 7.73. The van der Waals surface area contributed by atoms with Crippen LogP contribution in [0.2, 0.25) is 0 Å². The lowest BCUT2D eigenvalue weighted by atomic mass is 9.82. The minimum absolute atomic E-state index is 0.126. The molecule has 0 spiro atoms. The van der Waals surface area contributed by atoms with Gasteiger partial charge in [0.15, 0.2) is 22.9 Å². The number of hydrogen-bond donors (Lipinski definition) is 0. The number of nitrogens with zero attached hydrogens (tertiary/aromatic N) is 3. The molecular formula is C24H19F2N3O3. The number of Topliss-reactive ketones (excluding diaryl/α,β-unsaturated/α-hetero) is 1. The second kappa shape index (κ2) is 7.71. The van der Waals surface area contributed by atoms with Gasteiger partial charge in [0, 0.05) is 24.2 Å². The Kier molecular flexibility index (Phi) is 4.84. The van der Waals surface area contributed by atoms with Gasteiger partial charge in [-0.15, -0.1) is 0 Å². The molecule has 1 aliphatic rings. The summed E-state index contributed by atoms with van der Waals surface area (Å²) in [4.78, 5) is 17.6. The third-order valence-corrected chi connectivity index (χ3v) is 5.80. The number of fused-ring (bicyclic) bond motifs is 2. The number of rotatable bonds is 4. The monoisotopic (exact) mass is 435 g/mol. The number of hydrogen-bond acceptors (Lipinski definition) is 5. The van der Waals surface area contributed by atoms with Crippen LogP contribution in [0.15, 0.2) is 48.8 Å². The fourth-order valence-electron chi connectivity index (χ4n) is 4.23. The summed E-state index contributed by atoms with van der Waals surface area (Å²) in [5.41, 5.74) is 3.70. The van der Waals surface area contributed by atoms with Crippen LogP contribution in [0.1, 0.15) is 34.0 Å². The zero-order chi connectivity index (χ0) is 22.4. The average Bonchev–Trinajstić information content (AvgIpc) is 3.19. The first-order valence-electron chi connectivity index (χ1n) is 10.1. The largest absolute Gasteiger partial charge is 0.493 e. The second-order valence-electron chi connectivity index (χ2n) is 7.73. The zero-order valence-corrected chi connectivity index (χ0v) is 17.4. The Hall–Kier alpha value is -3.81. The van der Waals surface area contributed by atoms with Crippen LogP contribution in [0.4, 0.5) is 8.78 Å². The van der Waals surface area contributed by atoms with E-state index >= 15 is 0 Å². The van der Waals surface area contributed by atoms with Gasteiger partial charge in [-0.1, -0.05) is 6.07 Å². The smallest absolute Gasteiger partial charge is 0.166 e. The van der Waals surface area contributed by atoms with E-state index in [1.54, 1.807) is 37.2 Å². The molecule has 6 nitrogen and oxygen atoms in total. The quantitative estimate of drug-likeness (QED) is 0.469. The Bertz CT molecular complexity index is 1350. The number of benzene rings is 2. The Morgan fingerprint density at radius 1 is 0.969 bits per heavy atom. The Morgan fingerprint density at radius 2 is 1.72 bits per heavy atom. The van der Waals surface area contributed by atoms with Crippen molar-refractivity contribution in [2.45, 2.75) is 18.8 Å². The Labute approximate surface area is 182 Å². The van der Waals surface area contributed by atoms with E-state index in [4.69, 9.17) is 14.5 Å². The van der Waals surface area contributed by atoms with Crippen LogP contribution in [0.25, 0.3) is 16.8 Å². The first-order valence-corrected chi connectivity index (χ1v) is 10.1. The molecule has 0 saturated carbocycles. The molecule has 5 rings (SSSR count). The molecule has 2 heterocycles. The first-order chi connectivity index (χ1) is 15.5. The summed E-state index contributed by atoms with van der Waals surface area (Å²) in [5.74, 6) is -0.609. The minimum atomic E-state index is -0.659. The van der Waals surface area contributed by atoms with E-state index in [1.807, 2.05) is 12.1 Å². The van der Waals surface area contributed by atoms with Crippen LogP contribution in [0.3, 0.4) is 0 Å². The molecule has 1 aliphatic carbocycles. The maximum absolute atomic E-state index is 13.7. The van der Waals surface area contributed by atoms with Crippen molar-refractivity contribution in [2.24, 2.45) is 0 Å². The van der Waals surface area contributed by atoms with Gasteiger partial charge in [-0.25, -0.2) is 18.3 Å². The maximum atomic E-state index is 13.7. The van der Waals surface area contributed by atoms with Crippen molar-refractivity contribution in [3.63, 3.8) is 0 Å². The van der Waals surface area contributed by atoms with Gasteiger partial charge in [-0.05, 0) is 47.7 Å². The van der Waals surface area contributed by atoms with Crippen LogP contribution < -0.4 is 9.47 Å². The molecule has 162 valence electrons. The molecule has 2 aromatic carbocycles. The van der Waals surface area contributed by atoms with Crippen molar-refractivity contribution in [3.8, 4) is 22.6 Å². The Morgan fingerprint density at radius 3 is 2.44 bits per heavy atom. The summed E-state index contributed by atoms with van der Waals surface area (Å²) < 4.78 is 39.7. The third kappa shape index (κ3) is 3.37. The highest BCUT2D eigenvalue weighted by Gasteiger charge is 2.29. The van der Waals surface area contributed by atoms with E-state index in [1.165, 1.54) is 12.1 Å². The number of carbonyl (C=O) groups excluding carboxylic acids is 1. The van der Waals surface area contributed by atoms with Gasteiger partial charge < -0.3 is 9.47 Å². The summed E-state index contributed by atoms with van der Waals surface area (Å²) in [6.45, 7) is 0. The molecule has 1 atom stereocenters. The molecule has 0 radical (unpaired) electrons. The summed E-state index contributed by atoms with van der Waals surface area (Å²) in [6, 6.07) is 8.89. The summed E-state index contributed by atoms with van der Waals surface area (Å²) in [7, 11) is 3.13. The molecule has 32 heavy (non-hydrogen) atoms. The molecule has 0 aliphatic heterocycles. The molecule has 1 unspecified atom stereocenters. The highest BCUT2D eigenvalue weighted by atomic mass is 19.1. The van der Waals surface area contributed by atoms with Gasteiger partial charge in [0.05, 0.1) is 31.7 Å². The number of ketones is 1. The number of ether oxygens (including phenoxy) is 2. The topological polar surface area (TPSA) is 65.7 Å². The lowest BCUT2D eigenvalue weighted by molar-refractivity contribution is 0.0962. The van der Waals surface area contributed by atoms with Crippen molar-refractivity contribution >= 4 is 11.4 Å². The number of aromatic nitrogens is 3. The highest BCUT2D eigenvalue weighted by Crippen LogP contribution is 2.36. The van der Waals surface area contributed by atoms with E-state index in [9.17, 15) is 13.6 Å². The molecule has 0 amide bonds. The third-order valence-electron chi connectivity index (χ3n) is 5.80. The highest BCUT2D eigenvalue weighted by molar-refractivity contribution is 5.99. The predicted octanol–water partition coefficient (Wildman–Crippen LogP) is 4.60. The average molecular weight is 435 g/mol. The van der Waals surface area contributed by atoms with Crippen molar-refractivity contribution in [2.75, 3.05) is 14.2 Å². The number of methoxy groups -OCH3 is 2. The minimum Gasteiger partial charge on any atom is -0.493 e. The van der Waals surface area contributed by atoms with Crippen molar-refractivity contribution in [1.82, 2.24) is 14.6 Å². The van der Waals surface area contributed by atoms with E-state index in [0.717, 1.165) is 17.2 Å². The van der Waals surface area contributed by atoms with Crippen LogP contribution in [-0.4, -0.2) is 34.6 Å². The standard InChI is InChI=1S/C24H19F2N3O3/c1-31-22-4-3-13(9-23(22)32-2)18-11-27-29-12-19-20(28-24(18)29)7-15(8-21(19)30)14-5-16(25)10-17(26)6-14/h3-6,9-12,15H,7-8H2,1-2H3. The molecule has 4 aromatic rings. The van der Waals surface area contributed by atoms with Crippen LogP contribution in [0, 0.1) is 11.6 Å². The van der Waals surface area contributed by atoms with Crippen LogP contribution in [-0.2, 0) is 6.42 Å². The number of halogens is 2. The van der Waals surface area contributed by atoms with Gasteiger partial charge in [-0.3, -0.25) is 4.79 Å². The molecule has 2 aromatic heterocycles. The molecule has 0 fully saturated rings. The predicted molar refractivity (Wildman–Crippen MR) is 113 cm³/mol. The fraction of sp³-hybridized carbons (Fsp3) is 0.208. The maximum Gasteiger partial charge on any atom is 0.166 e. The van der Waals surface area contributed by atoms with Gasteiger partial charge in [0.1, 0.15) is 11.6 Å². The molecule has 0 saturated heterocycles. The van der Waals surface area contributed by atoms with Gasteiger partial charge in [-0.2, -0.15) is 5.10 Å². The van der Waals surface area contributed by atoms with Crippen molar-refractivity contribution in [3.05, 3.63) is 77.2 Å². The normalized spacial score (nSPS) is 15.6. The molecule has 0 bridgehead atoms. The lowest BCUT2D eigenvalue weighted by Gasteiger charge is -2.23. The fourth-order valence-corrected chi connectivity index (χ4v) is 4.23. The Balaban J connectivity index is 1.58. The summed E-state index contributed by atoms with van der Waals surface area (Å²) in [5, 5.41) is 4.37. The van der Waals surface area contributed by atoms with Crippen molar-refractivity contribution in [1.29, 1.82) is 0 Å². The van der Waals surface area contributed by atoms with Crippen LogP contribution >= 0.6 is 0 Å². The van der Waals surface area contributed by atoms with E-state index in [0.29, 0.717) is 40.4 Å². The van der Waals surface area contributed by atoms with E-state index in [2.05, 4.69) is 5.10 Å². The van der Waals surface area contributed by atoms with Gasteiger partial charge in [0.25, 0.3) is 0 Å². The lowest BCUT2D eigenvalue weighted by Crippen LogP contribution is -2.21. The molecule has 0 N–H and O–H groups in total. The molecular weight excluding hydrogens is 416 g/mol. The zero-order valence-electron chi connectivity index (χ0n) is 17.4. The van der Waals surface area contributed by atoms with Crippen molar-refractivity contribution < 1.29 is 23.0 Å². The summed E-state index contributed by atoms with van der Waals surface area (Å²) in [6.07, 6.45) is 3.91. The first kappa shape index (κ1) is 20.1. The van der Waals surface area contributed by atoms with E-state index in [-0.39, 0.29) is 18.1 Å². The van der Waals surface area contributed by atoms with E-state index < -0.39 is 11.6 Å². The molecule has 8 heteroatoms. The summed E-state index contributed by atoms with van der Waals surface area (Å²) >= 11 is 0.